The van der Waals surface area contributed by atoms with Crippen LogP contribution in [-0.4, -0.2) is 17.7 Å². The molecule has 0 aromatic rings. The van der Waals surface area contributed by atoms with Crippen LogP contribution in [0.3, 0.4) is 0 Å². The summed E-state index contributed by atoms with van der Waals surface area (Å²) in [5, 5.41) is 0. The maximum Gasteiger partial charge on any atom is 0.421 e. The minimum absolute atomic E-state index is 0.159. The zero-order valence-corrected chi connectivity index (χ0v) is 33.4. The summed E-state index contributed by atoms with van der Waals surface area (Å²) in [7, 11) is 0. The van der Waals surface area contributed by atoms with Crippen LogP contribution in [0.4, 0.5) is 0 Å². The fourth-order valence-electron chi connectivity index (χ4n) is 6.86. The van der Waals surface area contributed by atoms with Crippen molar-refractivity contribution in [3.63, 3.8) is 0 Å². The Morgan fingerprint density at radius 3 is 1.06 bits per heavy atom. The Hall–Kier alpha value is -1.39. The third-order valence-electron chi connectivity index (χ3n) is 10.3. The normalized spacial score (nSPS) is 12.0. The highest BCUT2D eigenvalue weighted by Gasteiger charge is 2.24. The van der Waals surface area contributed by atoms with Crippen molar-refractivity contribution in [1.82, 2.24) is 0 Å². The number of Topliss-reactive ketones (excluding diaryl/α,β-unsaturated/α-hetero) is 1. The molecule has 0 heterocycles. The second kappa shape index (κ2) is 37.9. The topological polar surface area (TPSA) is 69.7 Å². The Morgan fingerprint density at radius 2 is 0.694 bits per heavy atom. The van der Waals surface area contributed by atoms with E-state index in [-0.39, 0.29) is 12.3 Å². The third kappa shape index (κ3) is 34.8. The van der Waals surface area contributed by atoms with E-state index in [1.54, 1.807) is 0 Å². The number of unbranched alkanes of at least 4 members (excludes halogenated alkanes) is 28. The van der Waals surface area contributed by atoms with Crippen LogP contribution >= 0.6 is 0 Å². The van der Waals surface area contributed by atoms with E-state index in [4.69, 9.17) is 9.78 Å². The van der Waals surface area contributed by atoms with E-state index in [0.717, 1.165) is 51.4 Å². The third-order valence-corrected chi connectivity index (χ3v) is 10.3. The minimum atomic E-state index is -1.03. The zero-order valence-electron chi connectivity index (χ0n) is 33.4. The smallest absolute Gasteiger partial charge is 0.287 e. The minimum Gasteiger partial charge on any atom is -0.287 e. The van der Waals surface area contributed by atoms with Crippen molar-refractivity contribution in [2.24, 2.45) is 11.8 Å². The molecule has 5 heteroatoms. The van der Waals surface area contributed by atoms with Gasteiger partial charge in [0.05, 0.1) is 5.92 Å². The summed E-state index contributed by atoms with van der Waals surface area (Å²) in [5.41, 5.74) is 0. The van der Waals surface area contributed by atoms with E-state index in [1.165, 1.54) is 161 Å². The SMILES string of the molecule is CCCCCCCCCCCCCCCCC(=O)C(=O)OOC(=O)C(CCCCCCCCCCCCCCCC)CCCCCC(C)C. The van der Waals surface area contributed by atoms with E-state index in [0.29, 0.717) is 12.3 Å². The molecule has 0 aromatic carbocycles. The van der Waals surface area contributed by atoms with E-state index < -0.39 is 17.7 Å². The monoisotopic (exact) mass is 693 g/mol. The Labute approximate surface area is 305 Å². The van der Waals surface area contributed by atoms with Crippen molar-refractivity contribution in [3.8, 4) is 0 Å². The zero-order chi connectivity index (χ0) is 36.0. The molecule has 0 aliphatic heterocycles. The Bertz CT molecular complexity index is 733. The molecular formula is C44H84O5. The van der Waals surface area contributed by atoms with Crippen LogP contribution in [0.25, 0.3) is 0 Å². The lowest BCUT2D eigenvalue weighted by atomic mass is 9.94. The predicted octanol–water partition coefficient (Wildman–Crippen LogP) is 14.5. The first-order valence-corrected chi connectivity index (χ1v) is 21.9. The van der Waals surface area contributed by atoms with Crippen molar-refractivity contribution < 1.29 is 24.2 Å². The molecule has 0 rings (SSSR count). The maximum absolute atomic E-state index is 12.9. The van der Waals surface area contributed by atoms with Crippen LogP contribution in [0.15, 0.2) is 0 Å². The molecule has 1 atom stereocenters. The molecule has 0 amide bonds. The molecule has 0 aliphatic carbocycles. The highest BCUT2D eigenvalue weighted by molar-refractivity contribution is 6.33. The van der Waals surface area contributed by atoms with Crippen molar-refractivity contribution in [3.05, 3.63) is 0 Å². The quantitative estimate of drug-likeness (QED) is 0.0279. The highest BCUT2D eigenvalue weighted by Crippen LogP contribution is 2.22. The fourth-order valence-corrected chi connectivity index (χ4v) is 6.86. The van der Waals surface area contributed by atoms with Crippen LogP contribution < -0.4 is 0 Å². The van der Waals surface area contributed by atoms with Gasteiger partial charge in [-0.2, -0.15) is 0 Å². The lowest BCUT2D eigenvalue weighted by Crippen LogP contribution is -2.24. The standard InChI is InChI=1S/C44H84O5/c1-5-7-9-11-13-15-17-19-21-23-25-27-29-33-37-41(38-34-31-32-36-40(3)4)43(46)48-49-44(47)42(45)39-35-30-28-26-24-22-20-18-16-14-12-10-8-6-2/h40-41H,5-39H2,1-4H3. The number of carbonyl (C=O) groups is 3. The molecule has 0 saturated heterocycles. The molecule has 0 aliphatic rings. The molecule has 49 heavy (non-hydrogen) atoms. The van der Waals surface area contributed by atoms with Gasteiger partial charge in [0, 0.05) is 6.42 Å². The van der Waals surface area contributed by atoms with Gasteiger partial charge in [-0.3, -0.25) is 4.79 Å². The molecule has 290 valence electrons. The van der Waals surface area contributed by atoms with Crippen molar-refractivity contribution >= 4 is 17.7 Å². The second-order valence-electron chi connectivity index (χ2n) is 15.7. The van der Waals surface area contributed by atoms with Gasteiger partial charge in [-0.15, -0.1) is 0 Å². The summed E-state index contributed by atoms with van der Waals surface area (Å²) < 4.78 is 0. The summed E-state index contributed by atoms with van der Waals surface area (Å²) in [4.78, 5) is 47.2. The average molecular weight is 693 g/mol. The first-order valence-electron chi connectivity index (χ1n) is 21.9. The molecule has 5 nitrogen and oxygen atoms in total. The molecule has 0 fully saturated rings. The van der Waals surface area contributed by atoms with E-state index in [9.17, 15) is 14.4 Å². The first kappa shape index (κ1) is 47.6. The van der Waals surface area contributed by atoms with Crippen LogP contribution in [0.5, 0.6) is 0 Å². The van der Waals surface area contributed by atoms with Gasteiger partial charge in [-0.1, -0.05) is 227 Å². The van der Waals surface area contributed by atoms with Crippen molar-refractivity contribution in [1.29, 1.82) is 0 Å². The summed E-state index contributed by atoms with van der Waals surface area (Å²) in [6, 6.07) is 0. The largest absolute Gasteiger partial charge is 0.421 e. The molecule has 0 aromatic heterocycles. The summed E-state index contributed by atoms with van der Waals surface area (Å²) >= 11 is 0. The van der Waals surface area contributed by atoms with Gasteiger partial charge in [0.2, 0.25) is 5.78 Å². The highest BCUT2D eigenvalue weighted by atomic mass is 17.2. The van der Waals surface area contributed by atoms with Gasteiger partial charge in [0.15, 0.2) is 0 Å². The fraction of sp³-hybridized carbons (Fsp3) is 0.932. The molecule has 0 radical (unpaired) electrons. The van der Waals surface area contributed by atoms with E-state index >= 15 is 0 Å². The van der Waals surface area contributed by atoms with Crippen LogP contribution in [0.1, 0.15) is 252 Å². The van der Waals surface area contributed by atoms with Gasteiger partial charge in [0.25, 0.3) is 0 Å². The van der Waals surface area contributed by atoms with Gasteiger partial charge >= 0.3 is 11.9 Å². The molecule has 0 bridgehead atoms. The van der Waals surface area contributed by atoms with Crippen molar-refractivity contribution in [2.75, 3.05) is 0 Å². The summed E-state index contributed by atoms with van der Waals surface area (Å²) in [5.74, 6) is -1.70. The predicted molar refractivity (Wildman–Crippen MR) is 208 cm³/mol. The average Bonchev–Trinajstić information content (AvgIpc) is 3.09. The second-order valence-corrected chi connectivity index (χ2v) is 15.7. The Kier molecular flexibility index (Phi) is 36.8. The number of carbonyl (C=O) groups excluding carboxylic acids is 3. The number of hydrogen-bond donors (Lipinski definition) is 0. The van der Waals surface area contributed by atoms with Crippen LogP contribution in [0, 0.1) is 11.8 Å². The van der Waals surface area contributed by atoms with Gasteiger partial charge in [0.1, 0.15) is 0 Å². The molecule has 0 spiro atoms. The van der Waals surface area contributed by atoms with Gasteiger partial charge in [-0.25, -0.2) is 19.4 Å². The number of rotatable bonds is 38. The number of hydrogen-bond acceptors (Lipinski definition) is 5. The van der Waals surface area contributed by atoms with Gasteiger partial charge in [-0.05, 0) is 25.2 Å². The van der Waals surface area contributed by atoms with E-state index in [1.807, 2.05) is 0 Å². The first-order chi connectivity index (χ1) is 23.9. The Morgan fingerprint density at radius 1 is 0.388 bits per heavy atom. The summed E-state index contributed by atoms with van der Waals surface area (Å²) in [6.45, 7) is 9.02. The maximum atomic E-state index is 12.9. The Balaban J connectivity index is 4.11. The molecule has 1 unspecified atom stereocenters. The summed E-state index contributed by atoms with van der Waals surface area (Å²) in [6.07, 6.45) is 41.7. The van der Waals surface area contributed by atoms with Crippen LogP contribution in [-0.2, 0) is 24.2 Å². The lowest BCUT2D eigenvalue weighted by Gasteiger charge is -2.15. The molecular weight excluding hydrogens is 608 g/mol. The molecule has 0 N–H and O–H groups in total. The van der Waals surface area contributed by atoms with E-state index in [2.05, 4.69) is 27.7 Å². The van der Waals surface area contributed by atoms with Crippen molar-refractivity contribution in [2.45, 2.75) is 252 Å². The molecule has 0 saturated carbocycles. The lowest BCUT2D eigenvalue weighted by molar-refractivity contribution is -0.260. The van der Waals surface area contributed by atoms with Gasteiger partial charge < -0.3 is 0 Å². The van der Waals surface area contributed by atoms with Crippen LogP contribution in [0.2, 0.25) is 0 Å². The number of ketones is 1.